The highest BCUT2D eigenvalue weighted by atomic mass is 15.4. The van der Waals surface area contributed by atoms with Gasteiger partial charge in [-0.15, -0.1) is 5.10 Å². The number of benzene rings is 1. The monoisotopic (exact) mass is 273 g/mol. The zero-order valence-corrected chi connectivity index (χ0v) is 12.9. The molecule has 0 spiro atoms. The number of aryl methyl sites for hydroxylation is 3. The standard InChI is InChI=1S/C15H23N5/c1-6-19(7-2)15-17-14(16)20(18-15)13-11(4)8-10(3)9-12(13)5/h8-9H,6-7H2,1-5H3,(H2,16,17,18). The highest BCUT2D eigenvalue weighted by Gasteiger charge is 2.16. The Morgan fingerprint density at radius 3 is 2.15 bits per heavy atom. The minimum atomic E-state index is 0.432. The molecule has 0 saturated heterocycles. The maximum absolute atomic E-state index is 6.06. The third kappa shape index (κ3) is 2.48. The van der Waals surface area contributed by atoms with Gasteiger partial charge in [-0.1, -0.05) is 17.7 Å². The van der Waals surface area contributed by atoms with Crippen molar-refractivity contribution >= 4 is 11.9 Å². The fraction of sp³-hybridized carbons (Fsp3) is 0.467. The molecular formula is C15H23N5. The van der Waals surface area contributed by atoms with Crippen LogP contribution in [0.5, 0.6) is 0 Å². The Labute approximate surface area is 120 Å². The van der Waals surface area contributed by atoms with Crippen LogP contribution in [0.2, 0.25) is 0 Å². The van der Waals surface area contributed by atoms with E-state index < -0.39 is 0 Å². The van der Waals surface area contributed by atoms with Gasteiger partial charge >= 0.3 is 0 Å². The van der Waals surface area contributed by atoms with Crippen molar-refractivity contribution in [3.05, 3.63) is 28.8 Å². The average Bonchev–Trinajstić information content (AvgIpc) is 2.72. The zero-order valence-electron chi connectivity index (χ0n) is 12.9. The Morgan fingerprint density at radius 1 is 1.10 bits per heavy atom. The molecule has 5 heteroatoms. The molecule has 20 heavy (non-hydrogen) atoms. The van der Waals surface area contributed by atoms with Crippen molar-refractivity contribution in [1.82, 2.24) is 14.8 Å². The second-order valence-electron chi connectivity index (χ2n) is 5.10. The first-order valence-electron chi connectivity index (χ1n) is 7.03. The van der Waals surface area contributed by atoms with Crippen molar-refractivity contribution in [2.45, 2.75) is 34.6 Å². The largest absolute Gasteiger partial charge is 0.368 e. The zero-order chi connectivity index (χ0) is 14.9. The molecule has 1 heterocycles. The summed E-state index contributed by atoms with van der Waals surface area (Å²) in [6, 6.07) is 4.28. The second kappa shape index (κ2) is 5.53. The molecule has 0 radical (unpaired) electrons. The summed E-state index contributed by atoms with van der Waals surface area (Å²) >= 11 is 0. The van der Waals surface area contributed by atoms with Gasteiger partial charge in [-0.2, -0.15) is 9.67 Å². The number of nitrogens with zero attached hydrogens (tertiary/aromatic N) is 4. The van der Waals surface area contributed by atoms with Gasteiger partial charge in [0.05, 0.1) is 5.69 Å². The SMILES string of the molecule is CCN(CC)c1nc(N)n(-c2c(C)cc(C)cc2C)n1. The van der Waals surface area contributed by atoms with E-state index in [1.807, 2.05) is 0 Å². The van der Waals surface area contributed by atoms with Gasteiger partial charge < -0.3 is 10.6 Å². The van der Waals surface area contributed by atoms with E-state index in [2.05, 4.69) is 61.7 Å². The van der Waals surface area contributed by atoms with Gasteiger partial charge in [-0.05, 0) is 45.7 Å². The van der Waals surface area contributed by atoms with E-state index in [9.17, 15) is 0 Å². The first kappa shape index (κ1) is 14.4. The van der Waals surface area contributed by atoms with E-state index >= 15 is 0 Å². The number of anilines is 2. The summed E-state index contributed by atoms with van der Waals surface area (Å²) in [4.78, 5) is 6.48. The van der Waals surface area contributed by atoms with Gasteiger partial charge in [0, 0.05) is 13.1 Å². The number of nitrogen functional groups attached to an aromatic ring is 1. The molecule has 0 atom stereocenters. The topological polar surface area (TPSA) is 60.0 Å². The number of nitrogens with two attached hydrogens (primary N) is 1. The quantitative estimate of drug-likeness (QED) is 0.930. The summed E-state index contributed by atoms with van der Waals surface area (Å²) in [6.45, 7) is 12.2. The van der Waals surface area contributed by atoms with Crippen LogP contribution in [0.3, 0.4) is 0 Å². The number of rotatable bonds is 4. The predicted molar refractivity (Wildman–Crippen MR) is 83.5 cm³/mol. The van der Waals surface area contributed by atoms with E-state index in [-0.39, 0.29) is 0 Å². The lowest BCUT2D eigenvalue weighted by molar-refractivity contribution is 0.799. The Kier molecular flexibility index (Phi) is 3.97. The second-order valence-corrected chi connectivity index (χ2v) is 5.10. The van der Waals surface area contributed by atoms with Gasteiger partial charge in [0.15, 0.2) is 0 Å². The third-order valence-electron chi connectivity index (χ3n) is 3.51. The highest BCUT2D eigenvalue weighted by molar-refractivity contribution is 5.53. The molecule has 108 valence electrons. The van der Waals surface area contributed by atoms with E-state index in [4.69, 9.17) is 5.73 Å². The van der Waals surface area contributed by atoms with Gasteiger partial charge in [-0.3, -0.25) is 0 Å². The van der Waals surface area contributed by atoms with Crippen molar-refractivity contribution in [1.29, 1.82) is 0 Å². The highest BCUT2D eigenvalue weighted by Crippen LogP contribution is 2.24. The van der Waals surface area contributed by atoms with Crippen molar-refractivity contribution in [3.8, 4) is 5.69 Å². The smallest absolute Gasteiger partial charge is 0.246 e. The number of hydrogen-bond acceptors (Lipinski definition) is 4. The molecule has 1 aromatic carbocycles. The Balaban J connectivity index is 2.54. The van der Waals surface area contributed by atoms with Crippen LogP contribution >= 0.6 is 0 Å². The summed E-state index contributed by atoms with van der Waals surface area (Å²) in [7, 11) is 0. The van der Waals surface area contributed by atoms with E-state index in [0.29, 0.717) is 11.9 Å². The molecule has 0 aliphatic carbocycles. The van der Waals surface area contributed by atoms with Gasteiger partial charge in [-0.25, -0.2) is 0 Å². The molecule has 0 aliphatic heterocycles. The van der Waals surface area contributed by atoms with E-state index in [1.54, 1.807) is 4.68 Å². The van der Waals surface area contributed by atoms with Crippen LogP contribution in [0.15, 0.2) is 12.1 Å². The third-order valence-corrected chi connectivity index (χ3v) is 3.51. The maximum atomic E-state index is 6.06. The predicted octanol–water partition coefficient (Wildman–Crippen LogP) is 2.62. The van der Waals surface area contributed by atoms with Crippen molar-refractivity contribution < 1.29 is 0 Å². The summed E-state index contributed by atoms with van der Waals surface area (Å²) in [6.07, 6.45) is 0. The van der Waals surface area contributed by atoms with Gasteiger partial charge in [0.25, 0.3) is 0 Å². The molecule has 0 unspecified atom stereocenters. The van der Waals surface area contributed by atoms with Gasteiger partial charge in [0.2, 0.25) is 11.9 Å². The normalized spacial score (nSPS) is 10.8. The summed E-state index contributed by atoms with van der Waals surface area (Å²) in [5.41, 5.74) is 10.6. The van der Waals surface area contributed by atoms with Crippen LogP contribution in [0.1, 0.15) is 30.5 Å². The molecular weight excluding hydrogens is 250 g/mol. The lowest BCUT2D eigenvalue weighted by Gasteiger charge is -2.15. The van der Waals surface area contributed by atoms with Crippen molar-refractivity contribution in [2.24, 2.45) is 0 Å². The molecule has 0 bridgehead atoms. The summed E-state index contributed by atoms with van der Waals surface area (Å²) < 4.78 is 1.75. The van der Waals surface area contributed by atoms with Crippen LogP contribution < -0.4 is 10.6 Å². The summed E-state index contributed by atoms with van der Waals surface area (Å²) in [5.74, 6) is 1.12. The Morgan fingerprint density at radius 2 is 1.65 bits per heavy atom. The molecule has 0 amide bonds. The molecule has 0 fully saturated rings. The molecule has 2 aromatic rings. The number of hydrogen-bond donors (Lipinski definition) is 1. The molecule has 5 nitrogen and oxygen atoms in total. The fourth-order valence-electron chi connectivity index (χ4n) is 2.62. The Bertz CT molecular complexity index is 588. The maximum Gasteiger partial charge on any atom is 0.246 e. The minimum absolute atomic E-state index is 0.432. The van der Waals surface area contributed by atoms with E-state index in [1.165, 1.54) is 5.56 Å². The average molecular weight is 273 g/mol. The first-order chi connectivity index (χ1) is 9.47. The summed E-state index contributed by atoms with van der Waals surface area (Å²) in [5, 5.41) is 4.58. The van der Waals surface area contributed by atoms with Crippen molar-refractivity contribution in [3.63, 3.8) is 0 Å². The van der Waals surface area contributed by atoms with Gasteiger partial charge in [0.1, 0.15) is 0 Å². The minimum Gasteiger partial charge on any atom is -0.368 e. The lowest BCUT2D eigenvalue weighted by Crippen LogP contribution is -2.23. The molecule has 2 rings (SSSR count). The fourth-order valence-corrected chi connectivity index (χ4v) is 2.62. The van der Waals surface area contributed by atoms with Crippen LogP contribution in [-0.2, 0) is 0 Å². The Hall–Kier alpha value is -2.04. The van der Waals surface area contributed by atoms with Crippen molar-refractivity contribution in [2.75, 3.05) is 23.7 Å². The molecule has 2 N–H and O–H groups in total. The number of aromatic nitrogens is 3. The first-order valence-corrected chi connectivity index (χ1v) is 7.03. The van der Waals surface area contributed by atoms with Crippen LogP contribution in [0.4, 0.5) is 11.9 Å². The van der Waals surface area contributed by atoms with E-state index in [0.717, 1.165) is 29.9 Å². The molecule has 1 aromatic heterocycles. The van der Waals surface area contributed by atoms with Crippen LogP contribution in [-0.4, -0.2) is 27.9 Å². The molecule has 0 saturated carbocycles. The van der Waals surface area contributed by atoms with Crippen LogP contribution in [0, 0.1) is 20.8 Å². The lowest BCUT2D eigenvalue weighted by atomic mass is 10.1. The van der Waals surface area contributed by atoms with Crippen LogP contribution in [0.25, 0.3) is 5.69 Å². The molecule has 0 aliphatic rings.